The van der Waals surface area contributed by atoms with Crippen molar-refractivity contribution in [2.45, 2.75) is 24.9 Å². The number of amides is 1. The Morgan fingerprint density at radius 2 is 1.78 bits per heavy atom. The molecule has 0 N–H and O–H groups in total. The van der Waals surface area contributed by atoms with Gasteiger partial charge in [0.1, 0.15) is 4.90 Å². The first-order chi connectivity index (χ1) is 14.8. The standard InChI is InChI=1S/C20H22ClF3N4O3S/c1-13-16(14(2)26(3)25-13)5-7-19(29)27-8-10-28(11-9-27)32(30,31)18-12-15(20(22,23)24)4-6-17(18)21/h4-7,12H,8-11H2,1-3H3. The topological polar surface area (TPSA) is 75.5 Å². The number of carbonyl (C=O) groups excluding carboxylic acids is 1. The summed E-state index contributed by atoms with van der Waals surface area (Å²) in [5.74, 6) is -0.290. The molecule has 1 fully saturated rings. The monoisotopic (exact) mass is 490 g/mol. The molecule has 12 heteroatoms. The van der Waals surface area contributed by atoms with Gasteiger partial charge in [-0.05, 0) is 38.1 Å². The molecule has 0 unspecified atom stereocenters. The number of alkyl halides is 3. The first-order valence-electron chi connectivity index (χ1n) is 9.66. The summed E-state index contributed by atoms with van der Waals surface area (Å²) in [6.45, 7) is 3.80. The van der Waals surface area contributed by atoms with E-state index in [1.807, 2.05) is 13.8 Å². The van der Waals surface area contributed by atoms with Gasteiger partial charge < -0.3 is 4.90 Å². The first-order valence-corrected chi connectivity index (χ1v) is 11.5. The maximum absolute atomic E-state index is 13.0. The minimum absolute atomic E-state index is 0.0561. The molecule has 0 saturated carbocycles. The van der Waals surface area contributed by atoms with Gasteiger partial charge in [0.05, 0.1) is 16.3 Å². The van der Waals surface area contributed by atoms with Gasteiger partial charge >= 0.3 is 6.18 Å². The van der Waals surface area contributed by atoms with Crippen molar-refractivity contribution in [2.24, 2.45) is 7.05 Å². The first kappa shape index (κ1) is 24.3. The number of rotatable bonds is 4. The highest BCUT2D eigenvalue weighted by Gasteiger charge is 2.35. The molecule has 1 aliphatic rings. The van der Waals surface area contributed by atoms with Gasteiger partial charge in [0.25, 0.3) is 0 Å². The maximum Gasteiger partial charge on any atom is 0.416 e. The van der Waals surface area contributed by atoms with Crippen molar-refractivity contribution in [1.29, 1.82) is 0 Å². The van der Waals surface area contributed by atoms with Crippen LogP contribution < -0.4 is 0 Å². The summed E-state index contributed by atoms with van der Waals surface area (Å²) in [6, 6.07) is 2.19. The number of aromatic nitrogens is 2. The summed E-state index contributed by atoms with van der Waals surface area (Å²) in [5, 5.41) is 3.99. The highest BCUT2D eigenvalue weighted by Crippen LogP contribution is 2.34. The molecule has 1 amide bonds. The SMILES string of the molecule is Cc1nn(C)c(C)c1C=CC(=O)N1CCN(S(=O)(=O)c2cc(C(F)(F)F)ccc2Cl)CC1. The van der Waals surface area contributed by atoms with Crippen molar-refractivity contribution in [3.05, 3.63) is 51.8 Å². The minimum Gasteiger partial charge on any atom is -0.337 e. The van der Waals surface area contributed by atoms with Crippen LogP contribution in [0.5, 0.6) is 0 Å². The molecule has 32 heavy (non-hydrogen) atoms. The number of carbonyl (C=O) groups is 1. The fraction of sp³-hybridized carbons (Fsp3) is 0.400. The number of benzene rings is 1. The van der Waals surface area contributed by atoms with Crippen LogP contribution in [0.2, 0.25) is 5.02 Å². The number of sulfonamides is 1. The molecule has 2 aromatic rings. The van der Waals surface area contributed by atoms with Crippen LogP contribution >= 0.6 is 11.6 Å². The zero-order valence-corrected chi connectivity index (χ0v) is 19.2. The molecule has 0 radical (unpaired) electrons. The Morgan fingerprint density at radius 1 is 1.16 bits per heavy atom. The zero-order chi connectivity index (χ0) is 23.8. The lowest BCUT2D eigenvalue weighted by Crippen LogP contribution is -2.50. The van der Waals surface area contributed by atoms with Gasteiger partial charge in [-0.3, -0.25) is 9.48 Å². The predicted molar refractivity (Wildman–Crippen MR) is 114 cm³/mol. The van der Waals surface area contributed by atoms with Crippen LogP contribution in [0.3, 0.4) is 0 Å². The summed E-state index contributed by atoms with van der Waals surface area (Å²) in [7, 11) is -2.45. The minimum atomic E-state index is -4.70. The van der Waals surface area contributed by atoms with E-state index in [1.54, 1.807) is 17.8 Å². The van der Waals surface area contributed by atoms with Crippen molar-refractivity contribution in [3.63, 3.8) is 0 Å². The fourth-order valence-electron chi connectivity index (χ4n) is 3.46. The van der Waals surface area contributed by atoms with Gasteiger partial charge in [-0.1, -0.05) is 11.6 Å². The average Bonchev–Trinajstić information content (AvgIpc) is 2.96. The van der Waals surface area contributed by atoms with Gasteiger partial charge in [-0.25, -0.2) is 8.42 Å². The molecule has 7 nitrogen and oxygen atoms in total. The van der Waals surface area contributed by atoms with E-state index < -0.39 is 26.7 Å². The molecular weight excluding hydrogens is 469 g/mol. The van der Waals surface area contributed by atoms with Crippen LogP contribution in [0.15, 0.2) is 29.2 Å². The van der Waals surface area contributed by atoms with Crippen LogP contribution in [0.4, 0.5) is 13.2 Å². The summed E-state index contributed by atoms with van der Waals surface area (Å²) < 4.78 is 67.6. The van der Waals surface area contributed by atoms with E-state index in [4.69, 9.17) is 11.6 Å². The molecule has 0 bridgehead atoms. The Hall–Kier alpha value is -2.37. The van der Waals surface area contributed by atoms with E-state index in [0.717, 1.165) is 33.4 Å². The number of hydrogen-bond donors (Lipinski definition) is 0. The Balaban J connectivity index is 1.71. The third-order valence-corrected chi connectivity index (χ3v) is 7.76. The van der Waals surface area contributed by atoms with E-state index in [1.165, 1.54) is 11.0 Å². The molecule has 1 saturated heterocycles. The van der Waals surface area contributed by atoms with E-state index in [-0.39, 0.29) is 37.1 Å². The second-order valence-corrected chi connectivity index (χ2v) is 9.73. The summed E-state index contributed by atoms with van der Waals surface area (Å²) in [5.41, 5.74) is 1.42. The zero-order valence-electron chi connectivity index (χ0n) is 17.6. The third-order valence-electron chi connectivity index (χ3n) is 5.38. The summed E-state index contributed by atoms with van der Waals surface area (Å²) in [4.78, 5) is 13.4. The Bertz CT molecular complexity index is 1170. The Morgan fingerprint density at radius 3 is 2.31 bits per heavy atom. The molecule has 1 aromatic carbocycles. The lowest BCUT2D eigenvalue weighted by Gasteiger charge is -2.33. The molecule has 1 aromatic heterocycles. The molecule has 1 aliphatic heterocycles. The van der Waals surface area contributed by atoms with Crippen molar-refractivity contribution in [2.75, 3.05) is 26.2 Å². The smallest absolute Gasteiger partial charge is 0.337 e. The van der Waals surface area contributed by atoms with Crippen molar-refractivity contribution >= 4 is 33.6 Å². The summed E-state index contributed by atoms with van der Waals surface area (Å²) in [6.07, 6.45) is -1.62. The second kappa shape index (κ2) is 8.87. The molecule has 2 heterocycles. The molecule has 0 aliphatic carbocycles. The Kier molecular flexibility index (Phi) is 6.73. The number of halogens is 4. The number of hydrogen-bond acceptors (Lipinski definition) is 4. The lowest BCUT2D eigenvalue weighted by atomic mass is 10.2. The highest BCUT2D eigenvalue weighted by atomic mass is 35.5. The van der Waals surface area contributed by atoms with Crippen LogP contribution in [-0.2, 0) is 28.0 Å². The molecule has 0 spiro atoms. The largest absolute Gasteiger partial charge is 0.416 e. The van der Waals surface area contributed by atoms with E-state index in [2.05, 4.69) is 5.10 Å². The Labute approximate surface area is 189 Å². The molecular formula is C20H22ClF3N4O3S. The van der Waals surface area contributed by atoms with Crippen LogP contribution in [0.25, 0.3) is 6.08 Å². The summed E-state index contributed by atoms with van der Waals surface area (Å²) >= 11 is 5.90. The van der Waals surface area contributed by atoms with Crippen molar-refractivity contribution in [1.82, 2.24) is 19.0 Å². The van der Waals surface area contributed by atoms with Crippen molar-refractivity contribution < 1.29 is 26.4 Å². The van der Waals surface area contributed by atoms with Crippen molar-refractivity contribution in [3.8, 4) is 0 Å². The number of piperazine rings is 1. The van der Waals surface area contributed by atoms with Gasteiger partial charge in [0.15, 0.2) is 0 Å². The van der Waals surface area contributed by atoms with Gasteiger partial charge in [0, 0.05) is 50.6 Å². The van der Waals surface area contributed by atoms with Crippen LogP contribution in [0, 0.1) is 13.8 Å². The van der Waals surface area contributed by atoms with Crippen LogP contribution in [-0.4, -0.2) is 59.5 Å². The van der Waals surface area contributed by atoms with Gasteiger partial charge in [-0.2, -0.15) is 22.6 Å². The van der Waals surface area contributed by atoms with E-state index in [9.17, 15) is 26.4 Å². The number of nitrogens with zero attached hydrogens (tertiary/aromatic N) is 4. The van der Waals surface area contributed by atoms with E-state index >= 15 is 0 Å². The molecule has 3 rings (SSSR count). The van der Waals surface area contributed by atoms with E-state index in [0.29, 0.717) is 6.07 Å². The van der Waals surface area contributed by atoms with Gasteiger partial charge in [0.2, 0.25) is 15.9 Å². The fourth-order valence-corrected chi connectivity index (χ4v) is 5.38. The lowest BCUT2D eigenvalue weighted by molar-refractivity contribution is -0.137. The average molecular weight is 491 g/mol. The van der Waals surface area contributed by atoms with Crippen LogP contribution in [0.1, 0.15) is 22.5 Å². The molecule has 174 valence electrons. The number of aryl methyl sites for hydroxylation is 2. The molecule has 0 atom stereocenters. The highest BCUT2D eigenvalue weighted by molar-refractivity contribution is 7.89. The third kappa shape index (κ3) is 4.84. The normalized spacial score (nSPS) is 16.2. The van der Waals surface area contributed by atoms with Gasteiger partial charge in [-0.15, -0.1) is 0 Å². The second-order valence-electron chi connectivity index (χ2n) is 7.41. The predicted octanol–water partition coefficient (Wildman–Crippen LogP) is 3.26. The maximum atomic E-state index is 13.0. The quantitative estimate of drug-likeness (QED) is 0.617.